The van der Waals surface area contributed by atoms with Crippen LogP contribution in [0.25, 0.3) is 10.9 Å². The second-order valence-electron chi connectivity index (χ2n) is 6.34. The van der Waals surface area contributed by atoms with Crippen molar-refractivity contribution >= 4 is 28.8 Å². The highest BCUT2D eigenvalue weighted by Gasteiger charge is 2.17. The molecular formula is C19H22N2O7. The summed E-state index contributed by atoms with van der Waals surface area (Å²) in [6.45, 7) is 6.40. The third kappa shape index (κ3) is 5.08. The summed E-state index contributed by atoms with van der Waals surface area (Å²) in [7, 11) is 0. The predicted octanol–water partition coefficient (Wildman–Crippen LogP) is 1.51. The van der Waals surface area contributed by atoms with Crippen LogP contribution in [0.4, 0.5) is 0 Å². The van der Waals surface area contributed by atoms with Crippen LogP contribution in [-0.2, 0) is 19.1 Å². The van der Waals surface area contributed by atoms with Gasteiger partial charge in [0.05, 0.1) is 18.7 Å². The maximum Gasteiger partial charge on any atom is 0.354 e. The van der Waals surface area contributed by atoms with Crippen molar-refractivity contribution in [2.45, 2.75) is 13.8 Å². The van der Waals surface area contributed by atoms with Gasteiger partial charge in [-0.15, -0.1) is 0 Å². The summed E-state index contributed by atoms with van der Waals surface area (Å²) < 4.78 is 20.9. The maximum absolute atomic E-state index is 12.4. The maximum atomic E-state index is 12.4. The van der Waals surface area contributed by atoms with Crippen LogP contribution in [0.1, 0.15) is 24.3 Å². The molecule has 0 bridgehead atoms. The van der Waals surface area contributed by atoms with Crippen LogP contribution >= 0.6 is 0 Å². The summed E-state index contributed by atoms with van der Waals surface area (Å²) in [6.07, 6.45) is 0. The molecule has 9 nitrogen and oxygen atoms in total. The highest BCUT2D eigenvalue weighted by Crippen LogP contribution is 2.32. The van der Waals surface area contributed by atoms with E-state index in [0.717, 1.165) is 13.1 Å². The first-order chi connectivity index (χ1) is 13.4. The molecule has 1 aromatic heterocycles. The summed E-state index contributed by atoms with van der Waals surface area (Å²) in [6, 6.07) is 4.52. The number of rotatable bonds is 6. The standard InChI is InChI=1S/C19H22N2O7/c1-12(22)27-14-9-16-15(18(10-14)28-13(2)23)11-17(20-16)19(24)26-8-5-21-3-6-25-7-4-21/h9-11,20H,3-8H2,1-2H3. The van der Waals surface area contributed by atoms with Gasteiger partial charge in [0.25, 0.3) is 0 Å². The summed E-state index contributed by atoms with van der Waals surface area (Å²) in [5.41, 5.74) is 0.695. The molecule has 0 spiro atoms. The smallest absolute Gasteiger partial charge is 0.354 e. The van der Waals surface area contributed by atoms with E-state index in [9.17, 15) is 14.4 Å². The number of hydrogen-bond acceptors (Lipinski definition) is 8. The van der Waals surface area contributed by atoms with Gasteiger partial charge in [0, 0.05) is 51.0 Å². The number of carbonyl (C=O) groups is 3. The van der Waals surface area contributed by atoms with Crippen molar-refractivity contribution < 1.29 is 33.3 Å². The number of esters is 3. The van der Waals surface area contributed by atoms with Crippen LogP contribution in [0.15, 0.2) is 18.2 Å². The molecule has 3 rings (SSSR count). The van der Waals surface area contributed by atoms with Gasteiger partial charge in [-0.3, -0.25) is 14.5 Å². The van der Waals surface area contributed by atoms with E-state index in [1.165, 1.54) is 19.9 Å². The Kier molecular flexibility index (Phi) is 6.27. The van der Waals surface area contributed by atoms with Gasteiger partial charge in [-0.1, -0.05) is 0 Å². The van der Waals surface area contributed by atoms with Gasteiger partial charge in [0.15, 0.2) is 0 Å². The fraction of sp³-hybridized carbons (Fsp3) is 0.421. The monoisotopic (exact) mass is 390 g/mol. The molecule has 0 aliphatic carbocycles. The van der Waals surface area contributed by atoms with E-state index in [4.69, 9.17) is 18.9 Å². The van der Waals surface area contributed by atoms with Gasteiger partial charge in [0.2, 0.25) is 0 Å². The number of fused-ring (bicyclic) bond motifs is 1. The number of aromatic nitrogens is 1. The molecular weight excluding hydrogens is 368 g/mol. The first-order valence-electron chi connectivity index (χ1n) is 8.93. The van der Waals surface area contributed by atoms with Crippen molar-refractivity contribution in [3.63, 3.8) is 0 Å². The SMILES string of the molecule is CC(=O)Oc1cc(OC(C)=O)c2cc(C(=O)OCCN3CCOCC3)[nH]c2c1. The molecule has 0 saturated carbocycles. The Balaban J connectivity index is 1.74. The first-order valence-corrected chi connectivity index (χ1v) is 8.93. The van der Waals surface area contributed by atoms with Gasteiger partial charge >= 0.3 is 17.9 Å². The number of morpholine rings is 1. The average Bonchev–Trinajstić information content (AvgIpc) is 3.06. The van der Waals surface area contributed by atoms with Crippen LogP contribution in [0, 0.1) is 0 Å². The zero-order valence-electron chi connectivity index (χ0n) is 15.8. The second kappa shape index (κ2) is 8.85. The van der Waals surface area contributed by atoms with Gasteiger partial charge in [-0.05, 0) is 6.07 Å². The Labute approximate surface area is 161 Å². The van der Waals surface area contributed by atoms with E-state index in [2.05, 4.69) is 9.88 Å². The molecule has 2 heterocycles. The van der Waals surface area contributed by atoms with Crippen LogP contribution in [-0.4, -0.2) is 67.2 Å². The van der Waals surface area contributed by atoms with E-state index in [0.29, 0.717) is 30.7 Å². The lowest BCUT2D eigenvalue weighted by molar-refractivity contribution is -0.132. The molecule has 0 amide bonds. The Morgan fingerprint density at radius 1 is 1.07 bits per heavy atom. The van der Waals surface area contributed by atoms with E-state index >= 15 is 0 Å². The van der Waals surface area contributed by atoms with Crippen molar-refractivity contribution in [3.8, 4) is 11.5 Å². The minimum atomic E-state index is -0.530. The fourth-order valence-electron chi connectivity index (χ4n) is 2.92. The Hall–Kier alpha value is -2.91. The van der Waals surface area contributed by atoms with Crippen LogP contribution in [0.2, 0.25) is 0 Å². The van der Waals surface area contributed by atoms with Gasteiger partial charge < -0.3 is 23.9 Å². The molecule has 1 aliphatic heterocycles. The highest BCUT2D eigenvalue weighted by molar-refractivity contribution is 5.98. The molecule has 1 fully saturated rings. The molecule has 1 saturated heterocycles. The lowest BCUT2D eigenvalue weighted by Crippen LogP contribution is -2.38. The largest absolute Gasteiger partial charge is 0.460 e. The summed E-state index contributed by atoms with van der Waals surface area (Å²) in [5.74, 6) is -1.18. The van der Waals surface area contributed by atoms with Crippen LogP contribution in [0.3, 0.4) is 0 Å². The van der Waals surface area contributed by atoms with Gasteiger partial charge in [-0.2, -0.15) is 0 Å². The minimum Gasteiger partial charge on any atom is -0.460 e. The van der Waals surface area contributed by atoms with Crippen molar-refractivity contribution in [1.29, 1.82) is 0 Å². The topological polar surface area (TPSA) is 107 Å². The number of H-pyrrole nitrogens is 1. The molecule has 1 aliphatic rings. The zero-order chi connectivity index (χ0) is 20.1. The van der Waals surface area contributed by atoms with Crippen molar-refractivity contribution in [1.82, 2.24) is 9.88 Å². The van der Waals surface area contributed by atoms with E-state index in [1.807, 2.05) is 0 Å². The fourth-order valence-corrected chi connectivity index (χ4v) is 2.92. The number of nitrogens with one attached hydrogen (secondary N) is 1. The summed E-state index contributed by atoms with van der Waals surface area (Å²) >= 11 is 0. The Bertz CT molecular complexity index is 884. The molecule has 0 radical (unpaired) electrons. The second-order valence-corrected chi connectivity index (χ2v) is 6.34. The quantitative estimate of drug-likeness (QED) is 0.584. The van der Waals surface area contributed by atoms with Crippen molar-refractivity contribution in [2.24, 2.45) is 0 Å². The minimum absolute atomic E-state index is 0.185. The average molecular weight is 390 g/mol. The molecule has 1 N–H and O–H groups in total. The predicted molar refractivity (Wildman–Crippen MR) is 98.5 cm³/mol. The lowest BCUT2D eigenvalue weighted by atomic mass is 10.2. The number of hydrogen-bond donors (Lipinski definition) is 1. The summed E-state index contributed by atoms with van der Waals surface area (Å²) in [5, 5.41) is 0.506. The highest BCUT2D eigenvalue weighted by atomic mass is 16.5. The van der Waals surface area contributed by atoms with E-state index < -0.39 is 17.9 Å². The molecule has 9 heteroatoms. The van der Waals surface area contributed by atoms with E-state index in [1.54, 1.807) is 12.1 Å². The third-order valence-electron chi connectivity index (χ3n) is 4.15. The van der Waals surface area contributed by atoms with Crippen molar-refractivity contribution in [2.75, 3.05) is 39.5 Å². The van der Waals surface area contributed by atoms with Crippen LogP contribution in [0.5, 0.6) is 11.5 Å². The molecule has 1 aromatic carbocycles. The van der Waals surface area contributed by atoms with Crippen molar-refractivity contribution in [3.05, 3.63) is 23.9 Å². The molecule has 0 unspecified atom stereocenters. The Morgan fingerprint density at radius 3 is 2.46 bits per heavy atom. The number of aromatic amines is 1. The molecule has 150 valence electrons. The van der Waals surface area contributed by atoms with Crippen LogP contribution < -0.4 is 9.47 Å². The number of nitrogens with zero attached hydrogens (tertiary/aromatic N) is 1. The number of ether oxygens (including phenoxy) is 4. The van der Waals surface area contributed by atoms with Gasteiger partial charge in [-0.25, -0.2) is 4.79 Å². The number of benzene rings is 1. The first kappa shape index (κ1) is 19.8. The van der Waals surface area contributed by atoms with Gasteiger partial charge in [0.1, 0.15) is 23.8 Å². The molecule has 28 heavy (non-hydrogen) atoms. The normalized spacial score (nSPS) is 14.6. The molecule has 0 atom stereocenters. The number of carbonyl (C=O) groups excluding carboxylic acids is 3. The lowest BCUT2D eigenvalue weighted by Gasteiger charge is -2.26. The summed E-state index contributed by atoms with van der Waals surface area (Å²) in [4.78, 5) is 40.0. The Morgan fingerprint density at radius 2 is 1.79 bits per heavy atom. The molecule has 2 aromatic rings. The third-order valence-corrected chi connectivity index (χ3v) is 4.15. The zero-order valence-corrected chi connectivity index (χ0v) is 15.8. The van der Waals surface area contributed by atoms with E-state index in [-0.39, 0.29) is 23.8 Å².